The molecule has 0 N–H and O–H groups in total. The lowest BCUT2D eigenvalue weighted by molar-refractivity contribution is -0.132. The molecule has 36 valence electrons. The molecule has 0 aliphatic heterocycles. The van der Waals surface area contributed by atoms with E-state index in [4.69, 9.17) is 0 Å². The second-order valence-electron chi connectivity index (χ2n) is 0.817. The molecule has 0 amide bonds. The zero-order valence-corrected chi connectivity index (χ0v) is 4.37. The van der Waals surface area contributed by atoms with E-state index in [2.05, 4.69) is 17.1 Å². The summed E-state index contributed by atoms with van der Waals surface area (Å²) in [6.45, 7) is 1.71. The third-order valence-electron chi connectivity index (χ3n) is 0.390. The van der Waals surface area contributed by atoms with Gasteiger partial charge in [0.1, 0.15) is 0 Å². The maximum atomic E-state index is 9.88. The first kappa shape index (κ1) is 5.82. The molecule has 3 heteroatoms. The Bertz CT molecular complexity index is 46.8. The van der Waals surface area contributed by atoms with Crippen LogP contribution in [-0.2, 0) is 8.98 Å². The summed E-state index contributed by atoms with van der Waals surface area (Å²) in [6, 6.07) is 0. The molecular formula is C3H6O2S. The Morgan fingerprint density at radius 2 is 2.50 bits per heavy atom. The van der Waals surface area contributed by atoms with Gasteiger partial charge in [0.15, 0.2) is 0 Å². The van der Waals surface area contributed by atoms with E-state index in [0.29, 0.717) is 6.42 Å². The van der Waals surface area contributed by atoms with Crippen molar-refractivity contribution in [2.24, 2.45) is 0 Å². The molecule has 0 saturated heterocycles. The van der Waals surface area contributed by atoms with Crippen molar-refractivity contribution in [2.75, 3.05) is 0 Å². The number of hydrogen-bond donors (Lipinski definition) is 1. The lowest BCUT2D eigenvalue weighted by atomic mass is 10.5. The van der Waals surface area contributed by atoms with Crippen molar-refractivity contribution in [2.45, 2.75) is 13.3 Å². The maximum absolute atomic E-state index is 9.88. The maximum Gasteiger partial charge on any atom is 0.317 e. The van der Waals surface area contributed by atoms with Crippen LogP contribution in [0.15, 0.2) is 0 Å². The van der Waals surface area contributed by atoms with Gasteiger partial charge in [-0.05, 0) is 0 Å². The van der Waals surface area contributed by atoms with Crippen molar-refractivity contribution in [3.63, 3.8) is 0 Å². The summed E-state index contributed by atoms with van der Waals surface area (Å²) in [5.74, 6) is -0.293. The fourth-order valence-corrected chi connectivity index (χ4v) is 0.194. The second kappa shape index (κ2) is 3.03. The molecule has 0 aliphatic rings. The first-order valence-corrected chi connectivity index (χ1v) is 2.02. The summed E-state index contributed by atoms with van der Waals surface area (Å²) in [5.41, 5.74) is 0. The normalized spacial score (nSPS) is 7.67. The molecule has 0 unspecified atom stereocenters. The Balaban J connectivity index is 2.99. The van der Waals surface area contributed by atoms with Crippen molar-refractivity contribution in [1.29, 1.82) is 0 Å². The molecule has 0 heterocycles. The van der Waals surface area contributed by atoms with Gasteiger partial charge in [-0.15, -0.1) is 0 Å². The SMILES string of the molecule is CCC(=O)OS. The van der Waals surface area contributed by atoms with Crippen LogP contribution in [-0.4, -0.2) is 5.97 Å². The molecule has 0 aliphatic carbocycles. The van der Waals surface area contributed by atoms with Gasteiger partial charge in [-0.3, -0.25) is 4.79 Å². The molecule has 0 atom stereocenters. The molecule has 6 heavy (non-hydrogen) atoms. The fraction of sp³-hybridized carbons (Fsp3) is 0.667. The van der Waals surface area contributed by atoms with Crippen LogP contribution in [0.5, 0.6) is 0 Å². The highest BCUT2D eigenvalue weighted by Gasteiger charge is 1.89. The van der Waals surface area contributed by atoms with Gasteiger partial charge in [0.05, 0.1) is 0 Å². The molecule has 2 nitrogen and oxygen atoms in total. The average molecular weight is 106 g/mol. The van der Waals surface area contributed by atoms with E-state index in [1.807, 2.05) is 0 Å². The minimum absolute atomic E-state index is 0.293. The van der Waals surface area contributed by atoms with Gasteiger partial charge in [-0.2, -0.15) is 0 Å². The van der Waals surface area contributed by atoms with Gasteiger partial charge >= 0.3 is 5.97 Å². The number of carbonyl (C=O) groups is 1. The van der Waals surface area contributed by atoms with E-state index in [-0.39, 0.29) is 5.97 Å². The smallest absolute Gasteiger partial charge is 0.317 e. The number of thiol groups is 1. The van der Waals surface area contributed by atoms with Crippen LogP contribution in [0.2, 0.25) is 0 Å². The van der Waals surface area contributed by atoms with Gasteiger partial charge in [0, 0.05) is 19.3 Å². The Labute approximate surface area is 42.1 Å². The lowest BCUT2D eigenvalue weighted by Gasteiger charge is -1.84. The van der Waals surface area contributed by atoms with Gasteiger partial charge in [0.25, 0.3) is 0 Å². The molecule has 0 aromatic carbocycles. The van der Waals surface area contributed by atoms with Crippen molar-refractivity contribution in [3.05, 3.63) is 0 Å². The predicted molar refractivity (Wildman–Crippen MR) is 25.4 cm³/mol. The fourth-order valence-electron chi connectivity index (χ4n) is 0.0645. The molecule has 0 aromatic heterocycles. The molecule has 0 bridgehead atoms. The molecule has 0 saturated carbocycles. The van der Waals surface area contributed by atoms with Crippen LogP contribution in [0.4, 0.5) is 0 Å². The molecule has 0 radical (unpaired) electrons. The van der Waals surface area contributed by atoms with Gasteiger partial charge < -0.3 is 4.18 Å². The summed E-state index contributed by atoms with van der Waals surface area (Å²) in [5, 5.41) is 0. The molecule has 0 rings (SSSR count). The van der Waals surface area contributed by atoms with Crippen molar-refractivity contribution in [3.8, 4) is 0 Å². The Hall–Kier alpha value is -0.180. The van der Waals surface area contributed by atoms with Gasteiger partial charge in [0.2, 0.25) is 0 Å². The molecule has 0 aromatic rings. The second-order valence-corrected chi connectivity index (χ2v) is 0.999. The van der Waals surface area contributed by atoms with Crippen molar-refractivity contribution in [1.82, 2.24) is 0 Å². The highest BCUT2D eigenvalue weighted by atomic mass is 32.1. The molecule has 0 fully saturated rings. The highest BCUT2D eigenvalue weighted by Crippen LogP contribution is 1.84. The monoisotopic (exact) mass is 106 g/mol. The Kier molecular flexibility index (Phi) is 2.94. The minimum atomic E-state index is -0.293. The van der Waals surface area contributed by atoms with Gasteiger partial charge in [-0.25, -0.2) is 0 Å². The quantitative estimate of drug-likeness (QED) is 0.395. The Morgan fingerprint density at radius 1 is 2.00 bits per heavy atom. The summed E-state index contributed by atoms with van der Waals surface area (Å²) >= 11 is 3.25. The van der Waals surface area contributed by atoms with Crippen LogP contribution in [0, 0.1) is 0 Å². The number of rotatable bonds is 1. The third kappa shape index (κ3) is 2.08. The first-order valence-electron chi connectivity index (χ1n) is 1.65. The standard InChI is InChI=1S/C3H6O2S/c1-2-3(4)5-6/h6H,2H2,1H3. The van der Waals surface area contributed by atoms with Crippen LogP contribution >= 0.6 is 12.9 Å². The van der Waals surface area contributed by atoms with E-state index in [0.717, 1.165) is 0 Å². The summed E-state index contributed by atoms with van der Waals surface area (Å²) < 4.78 is 3.95. The average Bonchev–Trinajstić information content (AvgIpc) is 1.65. The van der Waals surface area contributed by atoms with Crippen LogP contribution in [0.3, 0.4) is 0 Å². The van der Waals surface area contributed by atoms with Crippen LogP contribution < -0.4 is 0 Å². The largest absolute Gasteiger partial charge is 0.395 e. The van der Waals surface area contributed by atoms with Crippen molar-refractivity contribution >= 4 is 18.9 Å². The zero-order chi connectivity index (χ0) is 4.99. The van der Waals surface area contributed by atoms with Gasteiger partial charge in [-0.1, -0.05) is 6.92 Å². The number of carbonyl (C=O) groups excluding carboxylic acids is 1. The third-order valence-corrected chi connectivity index (χ3v) is 0.594. The van der Waals surface area contributed by atoms with Crippen LogP contribution in [0.1, 0.15) is 13.3 Å². The van der Waals surface area contributed by atoms with E-state index in [1.165, 1.54) is 0 Å². The number of hydrogen-bond acceptors (Lipinski definition) is 3. The zero-order valence-electron chi connectivity index (χ0n) is 3.47. The summed E-state index contributed by atoms with van der Waals surface area (Å²) in [7, 11) is 0. The molecule has 0 spiro atoms. The lowest BCUT2D eigenvalue weighted by Crippen LogP contribution is -1.90. The predicted octanol–water partition coefficient (Wildman–Crippen LogP) is 0.784. The van der Waals surface area contributed by atoms with E-state index < -0.39 is 0 Å². The van der Waals surface area contributed by atoms with Crippen LogP contribution in [0.25, 0.3) is 0 Å². The van der Waals surface area contributed by atoms with E-state index in [1.54, 1.807) is 6.92 Å². The summed E-state index contributed by atoms with van der Waals surface area (Å²) in [6.07, 6.45) is 0.392. The first-order chi connectivity index (χ1) is 2.81. The van der Waals surface area contributed by atoms with Crippen molar-refractivity contribution < 1.29 is 8.98 Å². The van der Waals surface area contributed by atoms with E-state index in [9.17, 15) is 4.79 Å². The topological polar surface area (TPSA) is 26.3 Å². The Morgan fingerprint density at radius 3 is 2.50 bits per heavy atom. The highest BCUT2D eigenvalue weighted by molar-refractivity contribution is 7.75. The van der Waals surface area contributed by atoms with E-state index >= 15 is 0 Å². The molecular weight excluding hydrogens is 100 g/mol. The minimum Gasteiger partial charge on any atom is -0.395 e. The summed E-state index contributed by atoms with van der Waals surface area (Å²) in [4.78, 5) is 9.88.